The van der Waals surface area contributed by atoms with Crippen molar-refractivity contribution < 1.29 is 14.7 Å². The number of aliphatic carboxylic acids is 1. The predicted molar refractivity (Wildman–Crippen MR) is 76.5 cm³/mol. The molecular formula is C15H26N2O3. The minimum absolute atomic E-state index is 0.225. The van der Waals surface area contributed by atoms with Gasteiger partial charge >= 0.3 is 12.0 Å². The van der Waals surface area contributed by atoms with Gasteiger partial charge in [-0.05, 0) is 37.5 Å². The third kappa shape index (κ3) is 3.07. The minimum atomic E-state index is -0.778. The Morgan fingerprint density at radius 1 is 1.00 bits per heavy atom. The maximum atomic E-state index is 11.9. The maximum absolute atomic E-state index is 11.9. The van der Waals surface area contributed by atoms with Gasteiger partial charge in [-0.1, -0.05) is 26.2 Å². The van der Waals surface area contributed by atoms with Crippen molar-refractivity contribution in [2.45, 2.75) is 58.3 Å². The van der Waals surface area contributed by atoms with Gasteiger partial charge < -0.3 is 15.7 Å². The summed E-state index contributed by atoms with van der Waals surface area (Å²) in [5.41, 5.74) is -0.453. The number of rotatable bonds is 6. The molecule has 0 radical (unpaired) electrons. The summed E-state index contributed by atoms with van der Waals surface area (Å²) in [7, 11) is 0. The standard InChI is InChI=1S/C15H26N2O3/c1-2-14(6-5-7-14)10-16-13(20)17-11-15(12(18)19)8-3-4-9-15/h2-11H2,1H3,(H,18,19)(H2,16,17,20). The van der Waals surface area contributed by atoms with E-state index in [1.165, 1.54) is 19.3 Å². The fourth-order valence-corrected chi connectivity index (χ4v) is 3.43. The second-order valence-corrected chi connectivity index (χ2v) is 6.54. The number of hydrogen-bond acceptors (Lipinski definition) is 2. The topological polar surface area (TPSA) is 78.4 Å². The summed E-state index contributed by atoms with van der Waals surface area (Å²) in [6.45, 7) is 3.11. The van der Waals surface area contributed by atoms with Crippen LogP contribution in [-0.2, 0) is 4.79 Å². The largest absolute Gasteiger partial charge is 0.481 e. The zero-order valence-corrected chi connectivity index (χ0v) is 12.3. The molecule has 0 aromatic heterocycles. The molecule has 3 N–H and O–H groups in total. The Morgan fingerprint density at radius 2 is 1.60 bits per heavy atom. The highest BCUT2D eigenvalue weighted by Gasteiger charge is 2.41. The normalized spacial score (nSPS) is 22.9. The van der Waals surface area contributed by atoms with Crippen LogP contribution >= 0.6 is 0 Å². The minimum Gasteiger partial charge on any atom is -0.481 e. The summed E-state index contributed by atoms with van der Waals surface area (Å²) in [5.74, 6) is -0.778. The van der Waals surface area contributed by atoms with E-state index in [9.17, 15) is 14.7 Å². The molecule has 0 aliphatic heterocycles. The molecule has 0 saturated heterocycles. The van der Waals surface area contributed by atoms with E-state index in [0.29, 0.717) is 19.4 Å². The van der Waals surface area contributed by atoms with Crippen LogP contribution in [0.4, 0.5) is 4.79 Å². The molecule has 2 aliphatic rings. The lowest BCUT2D eigenvalue weighted by Gasteiger charge is -2.41. The van der Waals surface area contributed by atoms with Gasteiger partial charge in [0.15, 0.2) is 0 Å². The highest BCUT2D eigenvalue weighted by Crippen LogP contribution is 2.43. The molecule has 5 heteroatoms. The smallest absolute Gasteiger partial charge is 0.314 e. The first-order chi connectivity index (χ1) is 9.52. The van der Waals surface area contributed by atoms with E-state index in [-0.39, 0.29) is 18.0 Å². The summed E-state index contributed by atoms with van der Waals surface area (Å²) in [5, 5.41) is 15.0. The van der Waals surface area contributed by atoms with Crippen molar-refractivity contribution in [3.05, 3.63) is 0 Å². The fourth-order valence-electron chi connectivity index (χ4n) is 3.43. The monoisotopic (exact) mass is 282 g/mol. The zero-order chi connectivity index (χ0) is 14.6. The summed E-state index contributed by atoms with van der Waals surface area (Å²) < 4.78 is 0. The van der Waals surface area contributed by atoms with Gasteiger partial charge in [0, 0.05) is 13.1 Å². The number of carboxylic acids is 1. The molecular weight excluding hydrogens is 256 g/mol. The first-order valence-electron chi connectivity index (χ1n) is 7.77. The highest BCUT2D eigenvalue weighted by molar-refractivity contribution is 5.78. The summed E-state index contributed by atoms with van der Waals surface area (Å²) in [6.07, 6.45) is 7.92. The van der Waals surface area contributed by atoms with Crippen LogP contribution in [0.2, 0.25) is 0 Å². The van der Waals surface area contributed by atoms with Crippen molar-refractivity contribution in [3.8, 4) is 0 Å². The Balaban J connectivity index is 1.75. The molecule has 20 heavy (non-hydrogen) atoms. The van der Waals surface area contributed by atoms with Crippen LogP contribution in [0.1, 0.15) is 58.3 Å². The molecule has 2 aliphatic carbocycles. The molecule has 0 spiro atoms. The zero-order valence-electron chi connectivity index (χ0n) is 12.3. The first kappa shape index (κ1) is 15.1. The van der Waals surface area contributed by atoms with E-state index >= 15 is 0 Å². The average molecular weight is 282 g/mol. The van der Waals surface area contributed by atoms with E-state index < -0.39 is 11.4 Å². The third-order valence-electron chi connectivity index (χ3n) is 5.39. The van der Waals surface area contributed by atoms with E-state index in [0.717, 1.165) is 19.3 Å². The molecule has 0 unspecified atom stereocenters. The lowest BCUT2D eigenvalue weighted by Crippen LogP contribution is -2.48. The van der Waals surface area contributed by atoms with Gasteiger partial charge in [0.05, 0.1) is 5.41 Å². The molecule has 2 rings (SSSR count). The molecule has 0 aromatic rings. The number of carboxylic acid groups (broad SMARTS) is 1. The number of hydrogen-bond donors (Lipinski definition) is 3. The van der Waals surface area contributed by atoms with Gasteiger partial charge in [-0.2, -0.15) is 0 Å². The van der Waals surface area contributed by atoms with Crippen LogP contribution < -0.4 is 10.6 Å². The average Bonchev–Trinajstić information content (AvgIpc) is 2.86. The summed E-state index contributed by atoms with van der Waals surface area (Å²) in [4.78, 5) is 23.2. The van der Waals surface area contributed by atoms with Crippen LogP contribution in [0.15, 0.2) is 0 Å². The Bertz CT molecular complexity index is 366. The lowest BCUT2D eigenvalue weighted by molar-refractivity contribution is -0.148. The highest BCUT2D eigenvalue weighted by atomic mass is 16.4. The van der Waals surface area contributed by atoms with Crippen molar-refractivity contribution in [1.82, 2.24) is 10.6 Å². The molecule has 0 bridgehead atoms. The fraction of sp³-hybridized carbons (Fsp3) is 0.867. The van der Waals surface area contributed by atoms with Gasteiger partial charge in [0.1, 0.15) is 0 Å². The van der Waals surface area contributed by atoms with Crippen LogP contribution in [0.5, 0.6) is 0 Å². The lowest BCUT2D eigenvalue weighted by atomic mass is 9.67. The van der Waals surface area contributed by atoms with E-state index in [2.05, 4.69) is 17.6 Å². The number of carbonyl (C=O) groups excluding carboxylic acids is 1. The SMILES string of the molecule is CCC1(CNC(=O)NCC2(C(=O)O)CCCC2)CCC1. The Kier molecular flexibility index (Phi) is 4.55. The van der Waals surface area contributed by atoms with Crippen molar-refractivity contribution >= 4 is 12.0 Å². The molecule has 2 amide bonds. The van der Waals surface area contributed by atoms with Crippen LogP contribution in [-0.4, -0.2) is 30.2 Å². The summed E-state index contributed by atoms with van der Waals surface area (Å²) in [6, 6.07) is -0.225. The second kappa shape index (κ2) is 6.02. The van der Waals surface area contributed by atoms with Crippen LogP contribution in [0.25, 0.3) is 0 Å². The van der Waals surface area contributed by atoms with Crippen LogP contribution in [0, 0.1) is 10.8 Å². The Labute approximate surface area is 120 Å². The van der Waals surface area contributed by atoms with Gasteiger partial charge in [0.2, 0.25) is 0 Å². The quantitative estimate of drug-likeness (QED) is 0.700. The van der Waals surface area contributed by atoms with Gasteiger partial charge in [0.25, 0.3) is 0 Å². The Morgan fingerprint density at radius 3 is 2.05 bits per heavy atom. The number of carbonyl (C=O) groups is 2. The third-order valence-corrected chi connectivity index (χ3v) is 5.39. The number of nitrogens with one attached hydrogen (secondary N) is 2. The maximum Gasteiger partial charge on any atom is 0.314 e. The Hall–Kier alpha value is -1.26. The molecule has 0 heterocycles. The summed E-state index contributed by atoms with van der Waals surface area (Å²) >= 11 is 0. The molecule has 114 valence electrons. The molecule has 0 aromatic carbocycles. The van der Waals surface area contributed by atoms with Crippen LogP contribution in [0.3, 0.4) is 0 Å². The van der Waals surface area contributed by atoms with Gasteiger partial charge in [-0.25, -0.2) is 4.79 Å². The molecule has 0 atom stereocenters. The second-order valence-electron chi connectivity index (χ2n) is 6.54. The number of urea groups is 1. The van der Waals surface area contributed by atoms with Crippen molar-refractivity contribution in [2.24, 2.45) is 10.8 Å². The van der Waals surface area contributed by atoms with E-state index in [1.807, 2.05) is 0 Å². The van der Waals surface area contributed by atoms with Crippen molar-refractivity contribution in [1.29, 1.82) is 0 Å². The van der Waals surface area contributed by atoms with Crippen molar-refractivity contribution in [3.63, 3.8) is 0 Å². The van der Waals surface area contributed by atoms with Crippen molar-refractivity contribution in [2.75, 3.05) is 13.1 Å². The van der Waals surface area contributed by atoms with E-state index in [1.54, 1.807) is 0 Å². The van der Waals surface area contributed by atoms with E-state index in [4.69, 9.17) is 0 Å². The van der Waals surface area contributed by atoms with Gasteiger partial charge in [-0.3, -0.25) is 4.79 Å². The molecule has 2 fully saturated rings. The molecule has 2 saturated carbocycles. The predicted octanol–water partition coefficient (Wildman–Crippen LogP) is 2.51. The first-order valence-corrected chi connectivity index (χ1v) is 7.77. The molecule has 5 nitrogen and oxygen atoms in total. The number of amides is 2. The van der Waals surface area contributed by atoms with Gasteiger partial charge in [-0.15, -0.1) is 0 Å².